The Labute approximate surface area is 195 Å². The van der Waals surface area contributed by atoms with E-state index in [0.29, 0.717) is 23.9 Å². The van der Waals surface area contributed by atoms with Gasteiger partial charge in [-0.2, -0.15) is 0 Å². The monoisotopic (exact) mass is 472 g/mol. The topological polar surface area (TPSA) is 71.0 Å². The van der Waals surface area contributed by atoms with E-state index in [2.05, 4.69) is 4.99 Å². The number of hydrogen-bond acceptors (Lipinski definition) is 5. The van der Waals surface area contributed by atoms with Crippen LogP contribution in [0.4, 0.5) is 8.78 Å². The van der Waals surface area contributed by atoms with E-state index in [1.807, 2.05) is 46.8 Å². The number of aliphatic imine (C=N–C) groups is 1. The molecule has 2 aliphatic heterocycles. The fourth-order valence-corrected chi connectivity index (χ4v) is 4.89. The third-order valence-electron chi connectivity index (χ3n) is 6.10. The lowest BCUT2D eigenvalue weighted by Gasteiger charge is -2.42. The number of carbonyl (C=O) groups is 1. The summed E-state index contributed by atoms with van der Waals surface area (Å²) in [6.45, 7) is 10.3. The third kappa shape index (κ3) is 3.95. The molecule has 0 aliphatic carbocycles. The molecule has 0 aromatic heterocycles. The number of carbonyl (C=O) groups excluding carboxylic acids is 1. The maximum Gasteiger partial charge on any atom is 0.283 e. The van der Waals surface area contributed by atoms with Crippen molar-refractivity contribution in [3.05, 3.63) is 57.0 Å². The summed E-state index contributed by atoms with van der Waals surface area (Å²) in [6, 6.07) is 4.78. The Kier molecular flexibility index (Phi) is 5.65. The van der Waals surface area contributed by atoms with Gasteiger partial charge in [0.25, 0.3) is 5.91 Å². The lowest BCUT2D eigenvalue weighted by molar-refractivity contribution is -0.205. The molecule has 33 heavy (non-hydrogen) atoms. The maximum absolute atomic E-state index is 15.9. The van der Waals surface area contributed by atoms with Crippen LogP contribution in [-0.2, 0) is 20.5 Å². The fraction of sp³-hybridized carbons (Fsp3) is 0.360. The van der Waals surface area contributed by atoms with Gasteiger partial charge in [0.05, 0.1) is 29.8 Å². The highest BCUT2D eigenvalue weighted by Gasteiger charge is 2.39. The predicted octanol–water partition coefficient (Wildman–Crippen LogP) is 4.82. The summed E-state index contributed by atoms with van der Waals surface area (Å²) in [5.41, 5.74) is 2.11. The van der Waals surface area contributed by atoms with Crippen LogP contribution in [0.25, 0.3) is 17.2 Å². The summed E-state index contributed by atoms with van der Waals surface area (Å²) in [7, 11) is 1.28. The molecule has 4 rings (SSSR count). The Morgan fingerprint density at radius 1 is 1.18 bits per heavy atom. The van der Waals surface area contributed by atoms with Gasteiger partial charge < -0.3 is 14.6 Å². The average Bonchev–Trinajstić information content (AvgIpc) is 3.04. The molecule has 0 saturated heterocycles. The summed E-state index contributed by atoms with van der Waals surface area (Å²) in [5.74, 6) is -2.52. The smallest absolute Gasteiger partial charge is 0.283 e. The van der Waals surface area contributed by atoms with Crippen LogP contribution in [0.3, 0.4) is 0 Å². The first kappa shape index (κ1) is 23.4. The summed E-state index contributed by atoms with van der Waals surface area (Å²) >= 11 is 0.588. The summed E-state index contributed by atoms with van der Waals surface area (Å²) in [4.78, 5) is 15.1. The number of ether oxygens (including phenoxy) is 2. The standard InChI is InChI=1S/C25H25F2NO4S/c1-12-7-16-15(24(2,3)11-32-25(16,4)5)10-14(12)19-20(27)13(8-17(26)21(19)31-6)9-18-22(29)28-23(30)33-18/h7-10H,11H2,1-6H3,(H,28,29,30)/p-1/b18-9-. The normalized spacial score (nSPS) is 20.1. The highest BCUT2D eigenvalue weighted by Crippen LogP contribution is 2.46. The molecule has 0 N–H and O–H groups in total. The number of amides is 1. The molecule has 0 saturated carbocycles. The second kappa shape index (κ2) is 7.95. The summed E-state index contributed by atoms with van der Waals surface area (Å²) in [5, 5.41) is 10.7. The van der Waals surface area contributed by atoms with Crippen molar-refractivity contribution in [3.8, 4) is 16.9 Å². The first-order chi connectivity index (χ1) is 15.4. The highest BCUT2D eigenvalue weighted by molar-refractivity contribution is 8.18. The number of thioether (sulfide) groups is 1. The lowest BCUT2D eigenvalue weighted by atomic mass is 9.73. The molecule has 5 nitrogen and oxygen atoms in total. The molecule has 2 aliphatic rings. The largest absolute Gasteiger partial charge is 0.853 e. The number of fused-ring (bicyclic) bond motifs is 1. The molecule has 2 aromatic carbocycles. The fourth-order valence-electron chi connectivity index (χ4n) is 4.26. The van der Waals surface area contributed by atoms with E-state index in [-0.39, 0.29) is 27.2 Å². The first-order valence-electron chi connectivity index (χ1n) is 10.4. The second-order valence-corrected chi connectivity index (χ2v) is 10.4. The molecule has 174 valence electrons. The van der Waals surface area contributed by atoms with E-state index in [9.17, 15) is 9.90 Å². The quantitative estimate of drug-likeness (QED) is 0.599. The summed E-state index contributed by atoms with van der Waals surface area (Å²) in [6.07, 6.45) is 1.15. The van der Waals surface area contributed by atoms with Crippen LogP contribution < -0.4 is 9.84 Å². The van der Waals surface area contributed by atoms with E-state index in [1.165, 1.54) is 7.11 Å². The van der Waals surface area contributed by atoms with Gasteiger partial charge in [-0.1, -0.05) is 31.7 Å². The Morgan fingerprint density at radius 2 is 1.88 bits per heavy atom. The molecule has 0 radical (unpaired) electrons. The summed E-state index contributed by atoms with van der Waals surface area (Å²) < 4.78 is 42.2. The van der Waals surface area contributed by atoms with Crippen molar-refractivity contribution < 1.29 is 28.2 Å². The Hall–Kier alpha value is -2.71. The minimum absolute atomic E-state index is 0.0385. The van der Waals surface area contributed by atoms with Gasteiger partial charge in [0.1, 0.15) is 5.82 Å². The molecule has 1 amide bonds. The molecule has 0 unspecified atom stereocenters. The minimum Gasteiger partial charge on any atom is -0.853 e. The van der Waals surface area contributed by atoms with E-state index in [4.69, 9.17) is 9.47 Å². The van der Waals surface area contributed by atoms with E-state index >= 15 is 8.78 Å². The van der Waals surface area contributed by atoms with E-state index in [0.717, 1.165) is 28.8 Å². The number of halogens is 2. The Balaban J connectivity index is 1.97. The zero-order valence-electron chi connectivity index (χ0n) is 19.3. The van der Waals surface area contributed by atoms with Gasteiger partial charge in [0.15, 0.2) is 11.6 Å². The number of hydrogen-bond donors (Lipinski definition) is 0. The van der Waals surface area contributed by atoms with Crippen molar-refractivity contribution in [2.24, 2.45) is 4.99 Å². The molecule has 0 spiro atoms. The van der Waals surface area contributed by atoms with Gasteiger partial charge in [-0.25, -0.2) is 13.8 Å². The van der Waals surface area contributed by atoms with E-state index < -0.39 is 28.4 Å². The van der Waals surface area contributed by atoms with Crippen LogP contribution in [0.2, 0.25) is 0 Å². The third-order valence-corrected chi connectivity index (χ3v) is 6.87. The zero-order chi connectivity index (χ0) is 24.3. The number of methoxy groups -OCH3 is 1. The first-order valence-corrected chi connectivity index (χ1v) is 11.2. The highest BCUT2D eigenvalue weighted by atomic mass is 32.2. The number of aryl methyl sites for hydroxylation is 1. The second-order valence-electron chi connectivity index (χ2n) is 9.36. The SMILES string of the molecule is COc1c(F)cc(/C=C2\SC([O-])=NC2=O)c(F)c1-c1cc2c(cc1C)C(C)(C)OCC2(C)C. The van der Waals surface area contributed by atoms with Crippen LogP contribution in [0, 0.1) is 18.6 Å². The molecule has 2 heterocycles. The van der Waals surface area contributed by atoms with Crippen molar-refractivity contribution >= 4 is 29.0 Å². The molecule has 0 bridgehead atoms. The predicted molar refractivity (Wildman–Crippen MR) is 123 cm³/mol. The van der Waals surface area contributed by atoms with E-state index in [1.54, 1.807) is 0 Å². The molecule has 0 atom stereocenters. The van der Waals surface area contributed by atoms with Crippen molar-refractivity contribution in [1.82, 2.24) is 0 Å². The average molecular weight is 473 g/mol. The number of benzene rings is 2. The molecule has 8 heteroatoms. The van der Waals surface area contributed by atoms with Gasteiger partial charge in [-0.15, -0.1) is 0 Å². The Morgan fingerprint density at radius 3 is 2.48 bits per heavy atom. The van der Waals surface area contributed by atoms with Gasteiger partial charge in [0.2, 0.25) is 0 Å². The molecule has 0 fully saturated rings. The van der Waals surface area contributed by atoms with Crippen molar-refractivity contribution in [3.63, 3.8) is 0 Å². The van der Waals surface area contributed by atoms with Crippen LogP contribution >= 0.6 is 11.8 Å². The zero-order valence-corrected chi connectivity index (χ0v) is 20.1. The number of rotatable bonds is 3. The van der Waals surface area contributed by atoms with Crippen molar-refractivity contribution in [2.45, 2.75) is 45.6 Å². The van der Waals surface area contributed by atoms with Gasteiger partial charge in [0, 0.05) is 16.2 Å². The van der Waals surface area contributed by atoms with Crippen LogP contribution in [-0.4, -0.2) is 24.9 Å². The lowest BCUT2D eigenvalue weighted by Crippen LogP contribution is -2.40. The molecular formula is C25H24F2NO4S-. The van der Waals surface area contributed by atoms with Crippen molar-refractivity contribution in [2.75, 3.05) is 13.7 Å². The number of nitrogens with zero attached hydrogens (tertiary/aromatic N) is 1. The van der Waals surface area contributed by atoms with Crippen LogP contribution in [0.1, 0.15) is 49.9 Å². The minimum atomic E-state index is -0.778. The van der Waals surface area contributed by atoms with Crippen molar-refractivity contribution in [1.29, 1.82) is 0 Å². The van der Waals surface area contributed by atoms with Gasteiger partial charge >= 0.3 is 0 Å². The molecular weight excluding hydrogens is 448 g/mol. The van der Waals surface area contributed by atoms with Gasteiger partial charge in [-0.05, 0) is 61.2 Å². The Bertz CT molecular complexity index is 1250. The van der Waals surface area contributed by atoms with Gasteiger partial charge in [-0.3, -0.25) is 4.79 Å². The maximum atomic E-state index is 15.9. The molecule has 2 aromatic rings. The van der Waals surface area contributed by atoms with Crippen LogP contribution in [0.5, 0.6) is 5.75 Å². The van der Waals surface area contributed by atoms with Crippen LogP contribution in [0.15, 0.2) is 28.1 Å².